The predicted molar refractivity (Wildman–Crippen MR) is 84.8 cm³/mol. The first-order chi connectivity index (χ1) is 10.1. The van der Waals surface area contributed by atoms with E-state index in [1.165, 1.54) is 32.2 Å². The summed E-state index contributed by atoms with van der Waals surface area (Å²) in [7, 11) is -3.09. The molecule has 2 unspecified atom stereocenters. The van der Waals surface area contributed by atoms with Crippen LogP contribution < -0.4 is 10.0 Å². The van der Waals surface area contributed by atoms with Crippen LogP contribution in [0.3, 0.4) is 0 Å². The van der Waals surface area contributed by atoms with Gasteiger partial charge >= 0.3 is 0 Å². The molecule has 0 amide bonds. The van der Waals surface area contributed by atoms with Crippen molar-refractivity contribution < 1.29 is 8.42 Å². The first-order valence-corrected chi connectivity index (χ1v) is 10.2. The summed E-state index contributed by atoms with van der Waals surface area (Å²) in [4.78, 5) is 2.52. The second kappa shape index (κ2) is 6.94. The van der Waals surface area contributed by atoms with Crippen LogP contribution >= 0.6 is 0 Å². The number of unbranched alkanes of at least 4 members (excludes halogenated alkanes) is 1. The van der Waals surface area contributed by atoms with Crippen molar-refractivity contribution in [2.75, 3.05) is 25.4 Å². The fourth-order valence-corrected chi connectivity index (χ4v) is 5.08. The summed E-state index contributed by atoms with van der Waals surface area (Å²) >= 11 is 0. The van der Waals surface area contributed by atoms with E-state index in [0.717, 1.165) is 44.8 Å². The topological polar surface area (TPSA) is 61.4 Å². The van der Waals surface area contributed by atoms with Crippen molar-refractivity contribution in [3.05, 3.63) is 0 Å². The number of sulfonamides is 1. The summed E-state index contributed by atoms with van der Waals surface area (Å²) in [6.07, 6.45) is 8.79. The molecule has 0 aromatic carbocycles. The normalized spacial score (nSPS) is 30.5. The van der Waals surface area contributed by atoms with Crippen LogP contribution in [0.25, 0.3) is 0 Å². The van der Waals surface area contributed by atoms with Gasteiger partial charge in [-0.3, -0.25) is 0 Å². The van der Waals surface area contributed by atoms with Crippen molar-refractivity contribution in [1.82, 2.24) is 14.9 Å². The Balaban J connectivity index is 1.34. The van der Waals surface area contributed by atoms with Gasteiger partial charge in [-0.2, -0.15) is 0 Å². The minimum absolute atomic E-state index is 0.166. The third kappa shape index (κ3) is 4.91. The third-order valence-electron chi connectivity index (χ3n) is 5.02. The molecule has 5 nitrogen and oxygen atoms in total. The zero-order chi connectivity index (χ0) is 14.7. The van der Waals surface area contributed by atoms with E-state index in [0.29, 0.717) is 6.04 Å². The van der Waals surface area contributed by atoms with E-state index in [2.05, 4.69) is 14.9 Å². The highest BCUT2D eigenvalue weighted by Gasteiger charge is 2.33. The summed E-state index contributed by atoms with van der Waals surface area (Å²) in [6, 6.07) is 1.50. The van der Waals surface area contributed by atoms with Crippen molar-refractivity contribution in [3.8, 4) is 0 Å². The van der Waals surface area contributed by atoms with Crippen molar-refractivity contribution in [3.63, 3.8) is 0 Å². The van der Waals surface area contributed by atoms with Crippen LogP contribution in [0.1, 0.15) is 51.4 Å². The fraction of sp³-hybridized carbons (Fsp3) is 1.00. The largest absolute Gasteiger partial charge is 0.314 e. The van der Waals surface area contributed by atoms with E-state index < -0.39 is 10.0 Å². The number of nitrogens with zero attached hydrogens (tertiary/aromatic N) is 1. The van der Waals surface area contributed by atoms with Gasteiger partial charge in [-0.15, -0.1) is 0 Å². The molecule has 0 spiro atoms. The average Bonchev–Trinajstić information content (AvgIpc) is 3.14. The third-order valence-corrected chi connectivity index (χ3v) is 6.54. The number of rotatable bonds is 8. The Morgan fingerprint density at radius 3 is 2.67 bits per heavy atom. The van der Waals surface area contributed by atoms with Gasteiger partial charge < -0.3 is 10.2 Å². The van der Waals surface area contributed by atoms with Gasteiger partial charge in [0.1, 0.15) is 0 Å². The molecule has 2 N–H and O–H groups in total. The molecule has 21 heavy (non-hydrogen) atoms. The fourth-order valence-electron chi connectivity index (χ4n) is 3.66. The molecule has 2 saturated heterocycles. The van der Waals surface area contributed by atoms with Crippen LogP contribution in [-0.2, 0) is 10.0 Å². The van der Waals surface area contributed by atoms with E-state index in [1.807, 2.05) is 0 Å². The molecular weight excluding hydrogens is 286 g/mol. The second-order valence-electron chi connectivity index (χ2n) is 6.93. The maximum absolute atomic E-state index is 12.2. The molecule has 3 fully saturated rings. The predicted octanol–water partition coefficient (Wildman–Crippen LogP) is 1.06. The minimum atomic E-state index is -3.09. The molecule has 2 aliphatic heterocycles. The maximum atomic E-state index is 12.2. The van der Waals surface area contributed by atoms with Gasteiger partial charge in [0, 0.05) is 18.1 Å². The molecular formula is C15H29N3O2S. The lowest BCUT2D eigenvalue weighted by Crippen LogP contribution is -2.47. The average molecular weight is 315 g/mol. The Kier molecular flexibility index (Phi) is 5.19. The van der Waals surface area contributed by atoms with Gasteiger partial charge in [0.15, 0.2) is 0 Å². The monoisotopic (exact) mass is 315 g/mol. The van der Waals surface area contributed by atoms with E-state index in [9.17, 15) is 8.42 Å². The molecule has 3 aliphatic rings. The Bertz CT molecular complexity index is 436. The molecule has 122 valence electrons. The quantitative estimate of drug-likeness (QED) is 0.658. The smallest absolute Gasteiger partial charge is 0.211 e. The lowest BCUT2D eigenvalue weighted by Gasteiger charge is -2.34. The lowest BCUT2D eigenvalue weighted by atomic mass is 9.99. The van der Waals surface area contributed by atoms with Crippen LogP contribution in [0.15, 0.2) is 0 Å². The molecule has 0 bridgehead atoms. The molecule has 3 rings (SSSR count). The van der Waals surface area contributed by atoms with E-state index >= 15 is 0 Å². The first-order valence-electron chi connectivity index (χ1n) is 8.60. The highest BCUT2D eigenvalue weighted by molar-refractivity contribution is 7.89. The molecule has 2 atom stereocenters. The van der Waals surface area contributed by atoms with Crippen molar-refractivity contribution in [2.24, 2.45) is 0 Å². The number of hydrogen-bond donors (Lipinski definition) is 2. The molecule has 1 aliphatic carbocycles. The van der Waals surface area contributed by atoms with E-state index in [1.54, 1.807) is 0 Å². The molecule has 0 aromatic heterocycles. The molecule has 2 heterocycles. The second-order valence-corrected chi connectivity index (χ2v) is 8.80. The van der Waals surface area contributed by atoms with Crippen molar-refractivity contribution in [2.45, 2.75) is 69.5 Å². The van der Waals surface area contributed by atoms with Crippen molar-refractivity contribution >= 4 is 10.0 Å². The minimum Gasteiger partial charge on any atom is -0.314 e. The number of nitrogens with one attached hydrogen (secondary N) is 2. The Hall–Kier alpha value is -0.170. The van der Waals surface area contributed by atoms with Crippen LogP contribution in [0.4, 0.5) is 0 Å². The zero-order valence-corrected chi connectivity index (χ0v) is 13.7. The number of hydrogen-bond acceptors (Lipinski definition) is 4. The highest BCUT2D eigenvalue weighted by Crippen LogP contribution is 2.27. The lowest BCUT2D eigenvalue weighted by molar-refractivity contribution is 0.176. The van der Waals surface area contributed by atoms with Gasteiger partial charge in [-0.25, -0.2) is 13.1 Å². The summed E-state index contributed by atoms with van der Waals surface area (Å²) < 4.78 is 27.3. The summed E-state index contributed by atoms with van der Waals surface area (Å²) in [6.45, 7) is 3.22. The number of piperidine rings is 1. The molecule has 0 aromatic rings. The van der Waals surface area contributed by atoms with Gasteiger partial charge in [-0.1, -0.05) is 0 Å². The van der Waals surface area contributed by atoms with Gasteiger partial charge in [-0.05, 0) is 71.0 Å². The Morgan fingerprint density at radius 2 is 1.86 bits per heavy atom. The van der Waals surface area contributed by atoms with Crippen LogP contribution in [0.2, 0.25) is 0 Å². The van der Waals surface area contributed by atoms with Crippen LogP contribution in [-0.4, -0.2) is 56.8 Å². The first kappa shape index (κ1) is 15.7. The SMILES string of the molecule is O=S(=O)(CCCCNC1CC1)NC1CCN2CCCC2C1. The zero-order valence-electron chi connectivity index (χ0n) is 12.9. The summed E-state index contributed by atoms with van der Waals surface area (Å²) in [5.74, 6) is 0.282. The summed E-state index contributed by atoms with van der Waals surface area (Å²) in [5.41, 5.74) is 0. The van der Waals surface area contributed by atoms with E-state index in [-0.39, 0.29) is 11.8 Å². The Labute approximate surface area is 128 Å². The van der Waals surface area contributed by atoms with Crippen molar-refractivity contribution in [1.29, 1.82) is 0 Å². The highest BCUT2D eigenvalue weighted by atomic mass is 32.2. The molecule has 0 radical (unpaired) electrons. The molecule has 1 saturated carbocycles. The van der Waals surface area contributed by atoms with E-state index in [4.69, 9.17) is 0 Å². The Morgan fingerprint density at radius 1 is 1.00 bits per heavy atom. The van der Waals surface area contributed by atoms with Crippen LogP contribution in [0, 0.1) is 0 Å². The van der Waals surface area contributed by atoms with Gasteiger partial charge in [0.2, 0.25) is 10.0 Å². The summed E-state index contributed by atoms with van der Waals surface area (Å²) in [5, 5.41) is 3.43. The standard InChI is InChI=1S/C15H29N3O2S/c19-21(20,11-2-1-8-16-13-5-6-13)17-14-7-10-18-9-3-4-15(18)12-14/h13-17H,1-12H2. The van der Waals surface area contributed by atoms with Gasteiger partial charge in [0.25, 0.3) is 0 Å². The number of fused-ring (bicyclic) bond motifs is 1. The molecule has 6 heteroatoms. The maximum Gasteiger partial charge on any atom is 0.211 e. The van der Waals surface area contributed by atoms with Crippen LogP contribution in [0.5, 0.6) is 0 Å². The van der Waals surface area contributed by atoms with Gasteiger partial charge in [0.05, 0.1) is 5.75 Å².